The van der Waals surface area contributed by atoms with Gasteiger partial charge >= 0.3 is 0 Å². The zero-order valence-electron chi connectivity index (χ0n) is 11.9. The first-order valence-corrected chi connectivity index (χ1v) is 8.01. The number of carbonyl (C=O) groups is 1. The molecule has 0 saturated carbocycles. The first-order chi connectivity index (χ1) is 10.1. The third-order valence-electron chi connectivity index (χ3n) is 3.88. The van der Waals surface area contributed by atoms with Crippen LogP contribution < -0.4 is 16.7 Å². The Balaban J connectivity index is 2.04. The molecule has 112 valence electrons. The highest BCUT2D eigenvalue weighted by Crippen LogP contribution is 2.33. The molecule has 1 atom stereocenters. The number of nitrogens with two attached hydrogens (primary N) is 1. The number of nitrogens with one attached hydrogen (secondary N) is 1. The number of aromatic nitrogens is 2. The Morgan fingerprint density at radius 1 is 1.52 bits per heavy atom. The van der Waals surface area contributed by atoms with Crippen LogP contribution in [0.2, 0.25) is 0 Å². The van der Waals surface area contributed by atoms with Crippen LogP contribution in [0, 0.1) is 0 Å². The van der Waals surface area contributed by atoms with Crippen LogP contribution in [0.5, 0.6) is 0 Å². The normalized spacial score (nSPS) is 15.7. The molecule has 1 aliphatic rings. The average molecular weight is 306 g/mol. The van der Waals surface area contributed by atoms with Gasteiger partial charge in [0.15, 0.2) is 0 Å². The minimum Gasteiger partial charge on any atom is -0.320 e. The Bertz CT molecular complexity index is 749. The van der Waals surface area contributed by atoms with Crippen molar-refractivity contribution in [3.8, 4) is 0 Å². The Labute approximate surface area is 125 Å². The van der Waals surface area contributed by atoms with Crippen molar-refractivity contribution in [2.45, 2.75) is 45.1 Å². The van der Waals surface area contributed by atoms with E-state index in [0.717, 1.165) is 40.8 Å². The van der Waals surface area contributed by atoms with Crippen LogP contribution in [-0.4, -0.2) is 21.6 Å². The Morgan fingerprint density at radius 2 is 2.29 bits per heavy atom. The van der Waals surface area contributed by atoms with E-state index in [9.17, 15) is 9.59 Å². The summed E-state index contributed by atoms with van der Waals surface area (Å²) in [6.07, 6.45) is 6.08. The van der Waals surface area contributed by atoms with E-state index < -0.39 is 6.04 Å². The van der Waals surface area contributed by atoms with Gasteiger partial charge in [0.2, 0.25) is 0 Å². The molecule has 0 spiro atoms. The molecule has 0 aromatic carbocycles. The van der Waals surface area contributed by atoms with Gasteiger partial charge in [0.05, 0.1) is 11.4 Å². The van der Waals surface area contributed by atoms with E-state index in [0.29, 0.717) is 11.8 Å². The van der Waals surface area contributed by atoms with Gasteiger partial charge < -0.3 is 5.73 Å². The van der Waals surface area contributed by atoms with E-state index in [1.165, 1.54) is 11.2 Å². The summed E-state index contributed by atoms with van der Waals surface area (Å²) in [4.78, 5) is 30.8. The molecule has 0 radical (unpaired) electrons. The molecule has 21 heavy (non-hydrogen) atoms. The molecule has 1 aliphatic carbocycles. The van der Waals surface area contributed by atoms with Crippen molar-refractivity contribution >= 4 is 27.5 Å². The van der Waals surface area contributed by atoms with Crippen LogP contribution in [0.15, 0.2) is 11.1 Å². The monoisotopic (exact) mass is 306 g/mol. The second kappa shape index (κ2) is 5.57. The highest BCUT2D eigenvalue weighted by Gasteiger charge is 2.21. The summed E-state index contributed by atoms with van der Waals surface area (Å²) < 4.78 is 1.15. The first-order valence-electron chi connectivity index (χ1n) is 7.20. The summed E-state index contributed by atoms with van der Waals surface area (Å²) in [5, 5.41) is 0.655. The molecule has 3 N–H and O–H groups in total. The molecule has 0 unspecified atom stereocenters. The molecule has 0 saturated heterocycles. The lowest BCUT2D eigenvalue weighted by atomic mass is 9.97. The molecular weight excluding hydrogens is 288 g/mol. The van der Waals surface area contributed by atoms with Crippen molar-refractivity contribution in [1.82, 2.24) is 9.66 Å². The zero-order valence-corrected chi connectivity index (χ0v) is 12.7. The smallest absolute Gasteiger partial charge is 0.281 e. The van der Waals surface area contributed by atoms with E-state index in [-0.39, 0.29) is 11.5 Å². The average Bonchev–Trinajstić information content (AvgIpc) is 2.88. The van der Waals surface area contributed by atoms with E-state index in [4.69, 9.17) is 5.73 Å². The maximum atomic E-state index is 12.6. The highest BCUT2D eigenvalue weighted by atomic mass is 32.1. The van der Waals surface area contributed by atoms with Gasteiger partial charge in [0.25, 0.3) is 11.5 Å². The third-order valence-corrected chi connectivity index (χ3v) is 5.08. The van der Waals surface area contributed by atoms with E-state index >= 15 is 0 Å². The topological polar surface area (TPSA) is 90.0 Å². The summed E-state index contributed by atoms with van der Waals surface area (Å²) in [5.41, 5.74) is 9.11. The van der Waals surface area contributed by atoms with Crippen molar-refractivity contribution in [3.05, 3.63) is 27.1 Å². The van der Waals surface area contributed by atoms with Gasteiger partial charge in [-0.15, -0.1) is 11.3 Å². The van der Waals surface area contributed by atoms with Gasteiger partial charge in [-0.3, -0.25) is 15.0 Å². The van der Waals surface area contributed by atoms with Gasteiger partial charge in [-0.2, -0.15) is 0 Å². The third kappa shape index (κ3) is 2.47. The molecule has 0 fully saturated rings. The fourth-order valence-corrected chi connectivity index (χ4v) is 3.83. The molecule has 2 aromatic rings. The summed E-state index contributed by atoms with van der Waals surface area (Å²) in [6, 6.07) is -0.621. The van der Waals surface area contributed by atoms with Gasteiger partial charge in [0.1, 0.15) is 11.2 Å². The van der Waals surface area contributed by atoms with Crippen molar-refractivity contribution < 1.29 is 4.79 Å². The number of hydrogen-bond donors (Lipinski definition) is 2. The van der Waals surface area contributed by atoms with Crippen molar-refractivity contribution in [2.75, 3.05) is 5.43 Å². The van der Waals surface area contributed by atoms with E-state index in [1.807, 2.05) is 6.92 Å². The summed E-state index contributed by atoms with van der Waals surface area (Å²) >= 11 is 1.59. The lowest BCUT2D eigenvalue weighted by Gasteiger charge is -2.12. The molecule has 7 heteroatoms. The second-order valence-electron chi connectivity index (χ2n) is 5.30. The minimum atomic E-state index is -0.621. The summed E-state index contributed by atoms with van der Waals surface area (Å²) in [7, 11) is 0. The van der Waals surface area contributed by atoms with E-state index in [1.54, 1.807) is 11.3 Å². The zero-order chi connectivity index (χ0) is 15.0. The van der Waals surface area contributed by atoms with Crippen LogP contribution in [0.25, 0.3) is 10.2 Å². The standard InChI is InChI=1S/C14H18N4O2S/c1-2-9(15)12(19)17-18-7-16-13-11(14(18)20)8-5-3-4-6-10(8)21-13/h7,9H,2-6,15H2,1H3,(H,17,19)/t9-/m0/s1. The van der Waals surface area contributed by atoms with Crippen LogP contribution >= 0.6 is 11.3 Å². The molecule has 2 heterocycles. The number of nitrogens with zero attached hydrogens (tertiary/aromatic N) is 2. The minimum absolute atomic E-state index is 0.212. The van der Waals surface area contributed by atoms with Gasteiger partial charge in [-0.1, -0.05) is 6.92 Å². The van der Waals surface area contributed by atoms with Crippen molar-refractivity contribution in [3.63, 3.8) is 0 Å². The number of hydrogen-bond acceptors (Lipinski definition) is 5. The summed E-state index contributed by atoms with van der Waals surface area (Å²) in [6.45, 7) is 1.82. The number of rotatable bonds is 3. The summed E-state index contributed by atoms with van der Waals surface area (Å²) in [5.74, 6) is -0.371. The first kappa shape index (κ1) is 14.2. The predicted octanol–water partition coefficient (Wildman–Crippen LogP) is 1.14. The fourth-order valence-electron chi connectivity index (χ4n) is 2.61. The lowest BCUT2D eigenvalue weighted by molar-refractivity contribution is -0.118. The second-order valence-corrected chi connectivity index (χ2v) is 6.39. The number of amides is 1. The molecule has 1 amide bonds. The molecule has 0 bridgehead atoms. The number of aryl methyl sites for hydroxylation is 2. The molecule has 2 aromatic heterocycles. The Morgan fingerprint density at radius 3 is 3.05 bits per heavy atom. The van der Waals surface area contributed by atoms with E-state index in [2.05, 4.69) is 10.4 Å². The largest absolute Gasteiger partial charge is 0.320 e. The molecule has 6 nitrogen and oxygen atoms in total. The maximum Gasteiger partial charge on any atom is 0.281 e. The predicted molar refractivity (Wildman–Crippen MR) is 83.2 cm³/mol. The number of fused-ring (bicyclic) bond motifs is 3. The quantitative estimate of drug-likeness (QED) is 0.890. The van der Waals surface area contributed by atoms with Gasteiger partial charge in [0, 0.05) is 4.88 Å². The van der Waals surface area contributed by atoms with Crippen molar-refractivity contribution in [1.29, 1.82) is 0 Å². The van der Waals surface area contributed by atoms with Crippen molar-refractivity contribution in [2.24, 2.45) is 5.73 Å². The lowest BCUT2D eigenvalue weighted by Crippen LogP contribution is -2.42. The Kier molecular flexibility index (Phi) is 3.77. The number of thiophene rings is 1. The molecule has 3 rings (SSSR count). The molecular formula is C14H18N4O2S. The van der Waals surface area contributed by atoms with Crippen LogP contribution in [0.4, 0.5) is 0 Å². The van der Waals surface area contributed by atoms with Crippen LogP contribution in [0.1, 0.15) is 36.6 Å². The van der Waals surface area contributed by atoms with Crippen LogP contribution in [0.3, 0.4) is 0 Å². The Hall–Kier alpha value is -1.73. The van der Waals surface area contributed by atoms with Gasteiger partial charge in [-0.25, -0.2) is 9.66 Å². The fraction of sp³-hybridized carbons (Fsp3) is 0.500. The highest BCUT2D eigenvalue weighted by molar-refractivity contribution is 7.18. The maximum absolute atomic E-state index is 12.6. The SMILES string of the molecule is CC[C@H](N)C(=O)Nn1cnc2sc3c(c2c1=O)CCCC3. The number of carbonyl (C=O) groups excluding carboxylic acids is 1. The van der Waals surface area contributed by atoms with Gasteiger partial charge in [-0.05, 0) is 37.7 Å². The van der Waals surface area contributed by atoms with Crippen LogP contribution in [-0.2, 0) is 17.6 Å². The molecule has 0 aliphatic heterocycles.